The quantitative estimate of drug-likeness (QED) is 0.185. The number of nitrogens with one attached hydrogen (secondary N) is 3. The summed E-state index contributed by atoms with van der Waals surface area (Å²) in [5.41, 5.74) is 13.7. The molecule has 5 nitrogen and oxygen atoms in total. The average molecular weight is 480 g/mol. The monoisotopic (exact) mass is 479 g/mol. The molecule has 2 radical (unpaired) electrons. The van der Waals surface area contributed by atoms with Crippen LogP contribution in [0.1, 0.15) is 63.3 Å². The molecule has 0 atom stereocenters. The van der Waals surface area contributed by atoms with Crippen LogP contribution in [-0.4, -0.2) is 42.7 Å². The highest BCUT2D eigenvalue weighted by atomic mass is 32.2. The highest BCUT2D eigenvalue weighted by Gasteiger charge is 2.19. The van der Waals surface area contributed by atoms with Crippen LogP contribution in [-0.2, 0) is 6.42 Å². The molecule has 0 amide bonds. The molecule has 0 saturated carbocycles. The van der Waals surface area contributed by atoms with Crippen molar-refractivity contribution in [2.75, 3.05) is 18.8 Å². The Morgan fingerprint density at radius 2 is 2.09 bits per heavy atom. The van der Waals surface area contributed by atoms with Crippen molar-refractivity contribution in [3.8, 4) is 0 Å². The Kier molecular flexibility index (Phi) is 10.5. The van der Waals surface area contributed by atoms with Crippen molar-refractivity contribution in [2.45, 2.75) is 72.2 Å². The van der Waals surface area contributed by atoms with Gasteiger partial charge in [-0.2, -0.15) is 4.83 Å². The van der Waals surface area contributed by atoms with Crippen molar-refractivity contribution < 1.29 is 0 Å². The Morgan fingerprint density at radius 3 is 2.76 bits per heavy atom. The Balaban J connectivity index is 1.55. The van der Waals surface area contributed by atoms with Gasteiger partial charge in [0.1, 0.15) is 0 Å². The summed E-state index contributed by atoms with van der Waals surface area (Å²) in [4.78, 5) is 7.14. The van der Waals surface area contributed by atoms with Gasteiger partial charge in [-0.05, 0) is 50.7 Å². The van der Waals surface area contributed by atoms with Crippen LogP contribution in [0.5, 0.6) is 0 Å². The minimum absolute atomic E-state index is 0.440. The van der Waals surface area contributed by atoms with Gasteiger partial charge in [-0.25, -0.2) is 5.01 Å². The summed E-state index contributed by atoms with van der Waals surface area (Å²) in [6, 6.07) is 6.99. The van der Waals surface area contributed by atoms with Gasteiger partial charge < -0.3 is 16.0 Å². The third-order valence-corrected chi connectivity index (χ3v) is 7.23. The number of hydrazine groups is 1. The summed E-state index contributed by atoms with van der Waals surface area (Å²) in [5.74, 6) is 1.55. The van der Waals surface area contributed by atoms with Gasteiger partial charge in [0, 0.05) is 53.2 Å². The van der Waals surface area contributed by atoms with Crippen LogP contribution >= 0.6 is 11.9 Å². The van der Waals surface area contributed by atoms with Gasteiger partial charge >= 0.3 is 0 Å². The number of H-pyrrole nitrogens is 1. The number of nitrogens with two attached hydrogens (primary N) is 1. The second kappa shape index (κ2) is 13.3. The Labute approximate surface area is 211 Å². The molecule has 2 heterocycles. The third kappa shape index (κ3) is 7.59. The van der Waals surface area contributed by atoms with Crippen LogP contribution in [0.4, 0.5) is 0 Å². The molecule has 0 spiro atoms. The SMILES string of the molecule is [B]C/C=C(\CCC)CSNN1CCC(N/C=C(\N)c2c(CC(C)C)[nH]c3ccc(C)cc23)CC1. The number of fused-ring (bicyclic) bond motifs is 1. The van der Waals surface area contributed by atoms with Crippen molar-refractivity contribution in [2.24, 2.45) is 11.7 Å². The van der Waals surface area contributed by atoms with Gasteiger partial charge in [-0.3, -0.25) is 0 Å². The summed E-state index contributed by atoms with van der Waals surface area (Å²) >= 11 is 1.77. The first-order valence-corrected chi connectivity index (χ1v) is 13.7. The predicted octanol–water partition coefficient (Wildman–Crippen LogP) is 5.45. The zero-order valence-corrected chi connectivity index (χ0v) is 22.2. The standard InChI is InChI=1S/C27H42BN5S/c1-5-6-21(9-12-28)18-34-32-33-13-10-22(11-14-33)30-17-24(29)27-23-16-20(4)7-8-25(23)31-26(27)15-19(2)3/h7-9,16-17,19,22,30-32H,5-6,10-15,18,29H2,1-4H3/b21-9+,24-17-. The van der Waals surface area contributed by atoms with E-state index in [9.17, 15) is 0 Å². The summed E-state index contributed by atoms with van der Waals surface area (Å²) in [6.45, 7) is 10.9. The summed E-state index contributed by atoms with van der Waals surface area (Å²) < 4.78 is 0. The predicted molar refractivity (Wildman–Crippen MR) is 151 cm³/mol. The molecule has 5 N–H and O–H groups in total. The molecule has 1 aliphatic heterocycles. The van der Waals surface area contributed by atoms with Crippen molar-refractivity contribution in [3.05, 3.63) is 52.9 Å². The topological polar surface area (TPSA) is 69.1 Å². The lowest BCUT2D eigenvalue weighted by molar-refractivity contribution is 0.185. The first-order chi connectivity index (χ1) is 16.4. The Morgan fingerprint density at radius 1 is 1.32 bits per heavy atom. The lowest BCUT2D eigenvalue weighted by Crippen LogP contribution is -2.45. The molecule has 7 heteroatoms. The molecular weight excluding hydrogens is 437 g/mol. The molecule has 184 valence electrons. The average Bonchev–Trinajstić information content (AvgIpc) is 3.15. The van der Waals surface area contributed by atoms with Gasteiger partial charge in [0.05, 0.1) is 13.5 Å². The number of hydrogen-bond donors (Lipinski definition) is 4. The number of aromatic amines is 1. The third-order valence-electron chi connectivity index (χ3n) is 6.33. The van der Waals surface area contributed by atoms with E-state index in [4.69, 9.17) is 13.6 Å². The number of hydrogen-bond acceptors (Lipinski definition) is 5. The highest BCUT2D eigenvalue weighted by molar-refractivity contribution is 7.97. The van der Waals surface area contributed by atoms with E-state index in [0.717, 1.165) is 67.7 Å². The maximum absolute atomic E-state index is 6.66. The van der Waals surface area contributed by atoms with E-state index in [0.29, 0.717) is 18.3 Å². The number of piperidine rings is 1. The van der Waals surface area contributed by atoms with Gasteiger partial charge in [0.15, 0.2) is 0 Å². The maximum Gasteiger partial charge on any atom is 0.0708 e. The largest absolute Gasteiger partial charge is 0.397 e. The van der Waals surface area contributed by atoms with Crippen LogP contribution < -0.4 is 15.9 Å². The fourth-order valence-corrected chi connectivity index (χ4v) is 5.48. The van der Waals surface area contributed by atoms with E-state index in [1.54, 1.807) is 11.9 Å². The normalized spacial score (nSPS) is 16.6. The zero-order chi connectivity index (χ0) is 24.5. The van der Waals surface area contributed by atoms with Crippen LogP contribution in [0.15, 0.2) is 36.0 Å². The minimum Gasteiger partial charge on any atom is -0.397 e. The van der Waals surface area contributed by atoms with Crippen molar-refractivity contribution in [1.82, 2.24) is 20.1 Å². The van der Waals surface area contributed by atoms with Crippen LogP contribution in [0, 0.1) is 12.8 Å². The lowest BCUT2D eigenvalue weighted by atomic mass is 10.0. The minimum atomic E-state index is 0.440. The van der Waals surface area contributed by atoms with Gasteiger partial charge in [0.25, 0.3) is 0 Å². The first-order valence-electron chi connectivity index (χ1n) is 12.7. The number of aryl methyl sites for hydroxylation is 1. The van der Waals surface area contributed by atoms with Crippen molar-refractivity contribution >= 4 is 36.4 Å². The molecule has 3 rings (SSSR count). The molecule has 1 aromatic heterocycles. The van der Waals surface area contributed by atoms with Crippen molar-refractivity contribution in [3.63, 3.8) is 0 Å². The number of aromatic nitrogens is 1. The highest BCUT2D eigenvalue weighted by Crippen LogP contribution is 2.29. The van der Waals surface area contributed by atoms with Crippen LogP contribution in [0.3, 0.4) is 0 Å². The van der Waals surface area contributed by atoms with E-state index in [2.05, 4.69) is 72.1 Å². The molecule has 0 bridgehead atoms. The van der Waals surface area contributed by atoms with E-state index < -0.39 is 0 Å². The van der Waals surface area contributed by atoms with Gasteiger partial charge in [0.2, 0.25) is 0 Å². The summed E-state index contributed by atoms with van der Waals surface area (Å²) in [5, 5.41) is 7.15. The van der Waals surface area contributed by atoms with Crippen LogP contribution in [0.2, 0.25) is 6.32 Å². The summed E-state index contributed by atoms with van der Waals surface area (Å²) in [6.07, 6.45) is 10.3. The molecule has 0 aliphatic carbocycles. The Hall–Kier alpha value is -1.83. The lowest BCUT2D eigenvalue weighted by Gasteiger charge is -2.32. The number of benzene rings is 1. The smallest absolute Gasteiger partial charge is 0.0708 e. The fourth-order valence-electron chi connectivity index (χ4n) is 4.61. The Bertz CT molecular complexity index is 973. The van der Waals surface area contributed by atoms with Crippen molar-refractivity contribution in [1.29, 1.82) is 0 Å². The molecule has 2 aromatic rings. The molecule has 34 heavy (non-hydrogen) atoms. The van der Waals surface area contributed by atoms with Crippen LogP contribution in [0.25, 0.3) is 16.6 Å². The number of allylic oxidation sites excluding steroid dienone is 1. The second-order valence-corrected chi connectivity index (χ2v) is 10.6. The molecule has 1 fully saturated rings. The molecule has 0 unspecified atom stereocenters. The fraction of sp³-hybridized carbons (Fsp3) is 0.556. The van der Waals surface area contributed by atoms with Gasteiger partial charge in [-0.1, -0.05) is 68.7 Å². The molecular formula is C27H42BN5S. The first kappa shape index (κ1) is 26.8. The molecule has 1 saturated heterocycles. The molecule has 1 aliphatic rings. The number of rotatable bonds is 12. The zero-order valence-electron chi connectivity index (χ0n) is 21.4. The van der Waals surface area contributed by atoms with Gasteiger partial charge in [-0.15, -0.1) is 0 Å². The number of nitrogens with zero attached hydrogens (tertiary/aromatic N) is 1. The van der Waals surface area contributed by atoms with E-state index in [1.807, 2.05) is 6.20 Å². The molecule has 1 aromatic carbocycles. The maximum atomic E-state index is 6.66. The van der Waals surface area contributed by atoms with E-state index in [1.165, 1.54) is 22.2 Å². The van der Waals surface area contributed by atoms with E-state index in [-0.39, 0.29) is 0 Å². The second-order valence-electron chi connectivity index (χ2n) is 9.88. The van der Waals surface area contributed by atoms with E-state index >= 15 is 0 Å². The summed E-state index contributed by atoms with van der Waals surface area (Å²) in [7, 11) is 5.69.